The first-order valence-electron chi connectivity index (χ1n) is 1.81. The Hall–Kier alpha value is -0.240. The van der Waals surface area contributed by atoms with Crippen molar-refractivity contribution >= 4 is 24.4 Å². The van der Waals surface area contributed by atoms with Crippen LogP contribution in [0.1, 0.15) is 13.8 Å². The molecule has 0 aromatic carbocycles. The van der Waals surface area contributed by atoms with E-state index < -0.39 is 0 Å². The Morgan fingerprint density at radius 2 is 1.83 bits per heavy atom. The van der Waals surface area contributed by atoms with Gasteiger partial charge in [-0.25, -0.2) is 0 Å². The summed E-state index contributed by atoms with van der Waals surface area (Å²) in [4.78, 5) is 3.18. The van der Waals surface area contributed by atoms with E-state index in [4.69, 9.17) is 0 Å². The van der Waals surface area contributed by atoms with Crippen LogP contribution in [0.2, 0.25) is 0 Å². The minimum Gasteiger partial charge on any atom is -0.261 e. The highest BCUT2D eigenvalue weighted by Crippen LogP contribution is 1.42. The molecule has 0 amide bonds. The van der Waals surface area contributed by atoms with Gasteiger partial charge in [0.25, 0.3) is 0 Å². The van der Waals surface area contributed by atoms with Crippen LogP contribution < -0.4 is 0 Å². The molecule has 0 saturated heterocycles. The van der Waals surface area contributed by atoms with E-state index in [2.05, 4.69) is 23.9 Å². The van der Waals surface area contributed by atoms with Crippen molar-refractivity contribution in [1.82, 2.24) is 0 Å². The molecule has 0 radical (unpaired) electrons. The third-order valence-corrected chi connectivity index (χ3v) is 0.224. The Bertz CT molecular complexity index is 28.5. The lowest BCUT2D eigenvalue weighted by atomic mass is 11.0. The third kappa shape index (κ3) is 49.6. The first kappa shape index (κ1) is 9.23. The molecule has 0 heterocycles. The highest BCUT2D eigenvalue weighted by atomic mass is 32.1. The molecule has 0 unspecified atom stereocenters. The topological polar surface area (TPSA) is 12.4 Å². The van der Waals surface area contributed by atoms with Gasteiger partial charge in [0.15, 0.2) is 0 Å². The summed E-state index contributed by atoms with van der Waals surface area (Å²) in [5.41, 5.74) is 1.22. The molecule has 0 aliphatic carbocycles. The standard InChI is InChI=1S/C2H3NS.C2H6/c1-3-2-4;1-2/h2H,1H2;1-2H3. The molecule has 0 aromatic heterocycles. The normalized spacial score (nSPS) is 4.33. The zero-order valence-corrected chi connectivity index (χ0v) is 4.96. The largest absolute Gasteiger partial charge is 0.261 e. The minimum atomic E-state index is 1.22. The van der Waals surface area contributed by atoms with Crippen LogP contribution in [0.4, 0.5) is 0 Å². The maximum absolute atomic E-state index is 4.20. The average molecular weight is 103 g/mol. The van der Waals surface area contributed by atoms with Crippen molar-refractivity contribution in [3.63, 3.8) is 0 Å². The molecule has 0 fully saturated rings. The average Bonchev–Trinajstić information content (AvgIpc) is 1.72. The van der Waals surface area contributed by atoms with E-state index in [1.165, 1.54) is 5.49 Å². The molecule has 2 heteroatoms. The van der Waals surface area contributed by atoms with Crippen LogP contribution in [0.25, 0.3) is 0 Å². The van der Waals surface area contributed by atoms with E-state index >= 15 is 0 Å². The van der Waals surface area contributed by atoms with Gasteiger partial charge in [-0.3, -0.25) is 4.99 Å². The van der Waals surface area contributed by atoms with Crippen molar-refractivity contribution in [3.05, 3.63) is 0 Å². The lowest BCUT2D eigenvalue weighted by Crippen LogP contribution is -1.40. The molecule has 0 aliphatic heterocycles. The SMILES string of the molecule is C=NC=S.CC. The van der Waals surface area contributed by atoms with E-state index in [1.807, 2.05) is 13.8 Å². The van der Waals surface area contributed by atoms with E-state index in [0.717, 1.165) is 0 Å². The van der Waals surface area contributed by atoms with Crippen LogP contribution in [0.15, 0.2) is 4.99 Å². The molecule has 0 saturated carbocycles. The summed E-state index contributed by atoms with van der Waals surface area (Å²) in [6.45, 7) is 7.07. The van der Waals surface area contributed by atoms with Crippen molar-refractivity contribution in [1.29, 1.82) is 0 Å². The van der Waals surface area contributed by atoms with Crippen LogP contribution in [0.5, 0.6) is 0 Å². The smallest absolute Gasteiger partial charge is 0.0890 e. The summed E-state index contributed by atoms with van der Waals surface area (Å²) in [6.07, 6.45) is 0. The quantitative estimate of drug-likeness (QED) is 0.363. The summed E-state index contributed by atoms with van der Waals surface area (Å²) in [5.74, 6) is 0. The second-order valence-corrected chi connectivity index (χ2v) is 0.499. The predicted molar refractivity (Wildman–Crippen MR) is 34.6 cm³/mol. The van der Waals surface area contributed by atoms with Gasteiger partial charge in [0, 0.05) is 0 Å². The molecule has 0 atom stereocenters. The number of nitrogens with zero attached hydrogens (tertiary/aromatic N) is 1. The first-order chi connectivity index (χ1) is 2.91. The molecular weight excluding hydrogens is 94.1 g/mol. The van der Waals surface area contributed by atoms with Crippen molar-refractivity contribution in [2.75, 3.05) is 0 Å². The van der Waals surface area contributed by atoms with Crippen LogP contribution in [0, 0.1) is 0 Å². The fourth-order valence-electron chi connectivity index (χ4n) is 0. The summed E-state index contributed by atoms with van der Waals surface area (Å²) in [5, 5.41) is 0. The van der Waals surface area contributed by atoms with Gasteiger partial charge in [-0.15, -0.1) is 0 Å². The van der Waals surface area contributed by atoms with Crippen LogP contribution >= 0.6 is 12.2 Å². The number of hydrogen-bond acceptors (Lipinski definition) is 1. The maximum Gasteiger partial charge on any atom is 0.0890 e. The Kier molecular flexibility index (Phi) is 33.4. The molecule has 0 aliphatic rings. The Labute approximate surface area is 44.1 Å². The first-order valence-corrected chi connectivity index (χ1v) is 2.28. The summed E-state index contributed by atoms with van der Waals surface area (Å²) in [7, 11) is 0. The van der Waals surface area contributed by atoms with Crippen LogP contribution in [0.3, 0.4) is 0 Å². The van der Waals surface area contributed by atoms with Gasteiger partial charge in [-0.05, 0) is 6.72 Å². The second kappa shape index (κ2) is 21.7. The molecular formula is C4H9NS. The monoisotopic (exact) mass is 103 g/mol. The highest BCUT2D eigenvalue weighted by Gasteiger charge is 1.30. The molecule has 6 heavy (non-hydrogen) atoms. The van der Waals surface area contributed by atoms with E-state index in [0.29, 0.717) is 0 Å². The number of thiocarbonyl (C=S) groups is 1. The van der Waals surface area contributed by atoms with Gasteiger partial charge >= 0.3 is 0 Å². The number of aliphatic imine (C=N–C) groups is 1. The molecule has 36 valence electrons. The fraction of sp³-hybridized carbons (Fsp3) is 0.500. The maximum atomic E-state index is 4.20. The van der Waals surface area contributed by atoms with Crippen molar-refractivity contribution in [2.24, 2.45) is 4.99 Å². The van der Waals surface area contributed by atoms with Gasteiger partial charge in [0.1, 0.15) is 0 Å². The van der Waals surface area contributed by atoms with E-state index in [-0.39, 0.29) is 0 Å². The molecule has 0 spiro atoms. The highest BCUT2D eigenvalue weighted by molar-refractivity contribution is 7.78. The van der Waals surface area contributed by atoms with E-state index in [9.17, 15) is 0 Å². The lowest BCUT2D eigenvalue weighted by molar-refractivity contribution is 1.50. The predicted octanol–water partition coefficient (Wildman–Crippen LogP) is 1.67. The minimum absolute atomic E-state index is 1.22. The Morgan fingerprint density at radius 3 is 1.83 bits per heavy atom. The summed E-state index contributed by atoms with van der Waals surface area (Å²) < 4.78 is 0. The molecule has 0 rings (SSSR count). The van der Waals surface area contributed by atoms with Crippen molar-refractivity contribution in [2.45, 2.75) is 13.8 Å². The van der Waals surface area contributed by atoms with Gasteiger partial charge in [-0.1, -0.05) is 26.1 Å². The summed E-state index contributed by atoms with van der Waals surface area (Å²) in [6, 6.07) is 0. The third-order valence-electron chi connectivity index (χ3n) is 0.0745. The number of hydrogen-bond donors (Lipinski definition) is 0. The van der Waals surface area contributed by atoms with Crippen molar-refractivity contribution in [3.8, 4) is 0 Å². The zero-order chi connectivity index (χ0) is 5.41. The zero-order valence-electron chi connectivity index (χ0n) is 4.14. The Balaban J connectivity index is 0. The van der Waals surface area contributed by atoms with Gasteiger partial charge < -0.3 is 0 Å². The second-order valence-electron chi connectivity index (χ2n) is 0.288. The summed E-state index contributed by atoms with van der Waals surface area (Å²) >= 11 is 4.20. The molecule has 1 nitrogen and oxygen atoms in total. The Morgan fingerprint density at radius 1 is 1.67 bits per heavy atom. The molecule has 0 N–H and O–H groups in total. The lowest BCUT2D eigenvalue weighted by Gasteiger charge is -1.45. The van der Waals surface area contributed by atoms with Crippen LogP contribution in [-0.2, 0) is 0 Å². The van der Waals surface area contributed by atoms with Crippen LogP contribution in [-0.4, -0.2) is 12.2 Å². The fourth-order valence-corrected chi connectivity index (χ4v) is 0. The van der Waals surface area contributed by atoms with Gasteiger partial charge in [0.2, 0.25) is 0 Å². The van der Waals surface area contributed by atoms with Crippen molar-refractivity contribution < 1.29 is 0 Å². The van der Waals surface area contributed by atoms with Gasteiger partial charge in [-0.2, -0.15) is 0 Å². The van der Waals surface area contributed by atoms with Gasteiger partial charge in [0.05, 0.1) is 5.49 Å². The molecule has 0 aromatic rings. The number of rotatable bonds is 1. The molecule has 0 bridgehead atoms. The van der Waals surface area contributed by atoms with E-state index in [1.54, 1.807) is 0 Å².